The number of hydrogen-bond donors (Lipinski definition) is 2. The molecule has 1 saturated carbocycles. The van der Waals surface area contributed by atoms with E-state index in [0.29, 0.717) is 26.1 Å². The van der Waals surface area contributed by atoms with Crippen molar-refractivity contribution < 1.29 is 29.6 Å². The number of allylic oxidation sites excluding steroid dienone is 2. The summed E-state index contributed by atoms with van der Waals surface area (Å²) in [4.78, 5) is 10.7. The zero-order chi connectivity index (χ0) is 21.8. The Morgan fingerprint density at radius 3 is 2.40 bits per heavy atom. The smallest absolute Gasteiger partial charge is 0.515 e. The standard InChI is InChI=1S/C24H42O6/c1-2-3-4-7-10-14-24(29-16-17-30-24)15-13-20-19(21(25)18-22(20)26)11-8-5-6-9-12-23(27)28/h5,8,19-22,25-26H,2-4,6-7,9-18H2,1H3,(H,27,28)/p+1/b8-5+. The predicted molar refractivity (Wildman–Crippen MR) is 117 cm³/mol. The van der Waals surface area contributed by atoms with Gasteiger partial charge < -0.3 is 24.8 Å². The first-order chi connectivity index (χ1) is 14.5. The molecule has 30 heavy (non-hydrogen) atoms. The molecule has 1 heterocycles. The molecule has 0 aromatic carbocycles. The molecule has 0 bridgehead atoms. The first-order valence-corrected chi connectivity index (χ1v) is 12.0. The van der Waals surface area contributed by atoms with Crippen LogP contribution in [0.1, 0.15) is 90.4 Å². The van der Waals surface area contributed by atoms with Crippen LogP contribution in [0.3, 0.4) is 0 Å². The van der Waals surface area contributed by atoms with Crippen molar-refractivity contribution in [3.8, 4) is 0 Å². The number of carbonyl (C=O) groups is 1. The monoisotopic (exact) mass is 427 g/mol. The summed E-state index contributed by atoms with van der Waals surface area (Å²) in [5.74, 6) is -0.947. The molecule has 0 aromatic rings. The van der Waals surface area contributed by atoms with Crippen LogP contribution in [0.2, 0.25) is 0 Å². The number of hydrogen-bond acceptors (Lipinski definition) is 5. The van der Waals surface area contributed by atoms with Gasteiger partial charge in [0.1, 0.15) is 6.42 Å². The van der Waals surface area contributed by atoms with E-state index in [1.165, 1.54) is 25.7 Å². The Balaban J connectivity index is 1.82. The molecular formula is C24H43O6+. The maximum Gasteiger partial charge on any atom is 0.515 e. The number of aliphatic hydroxyl groups excluding tert-OH is 2. The molecule has 1 aliphatic carbocycles. The number of ether oxygens (including phenoxy) is 2. The third kappa shape index (κ3) is 8.29. The van der Waals surface area contributed by atoms with E-state index >= 15 is 0 Å². The van der Waals surface area contributed by atoms with Crippen molar-refractivity contribution in [3.05, 3.63) is 12.2 Å². The highest BCUT2D eigenvalue weighted by molar-refractivity contribution is 5.66. The lowest BCUT2D eigenvalue weighted by Crippen LogP contribution is -2.33. The number of carbonyl (C=O) groups excluding carboxylic acids is 1. The fourth-order valence-corrected chi connectivity index (χ4v) is 4.95. The Hall–Kier alpha value is -0.950. The number of rotatable bonds is 15. The molecule has 0 radical (unpaired) electrons. The second kappa shape index (κ2) is 13.5. The van der Waals surface area contributed by atoms with E-state index in [4.69, 9.17) is 14.6 Å². The molecule has 4 atom stereocenters. The van der Waals surface area contributed by atoms with E-state index in [-0.39, 0.29) is 18.3 Å². The van der Waals surface area contributed by atoms with Gasteiger partial charge in [-0.05, 0) is 50.4 Å². The molecule has 4 unspecified atom stereocenters. The maximum absolute atomic E-state index is 10.7. The van der Waals surface area contributed by atoms with Gasteiger partial charge in [-0.25, -0.2) is 0 Å². The Bertz CT molecular complexity index is 514. The Kier molecular flexibility index (Phi) is 11.4. The normalized spacial score (nSPS) is 28.5. The molecule has 4 N–H and O–H groups in total. The van der Waals surface area contributed by atoms with Crippen molar-refractivity contribution in [1.82, 2.24) is 0 Å². The van der Waals surface area contributed by atoms with Gasteiger partial charge in [-0.1, -0.05) is 44.8 Å². The van der Waals surface area contributed by atoms with Gasteiger partial charge in [0.15, 0.2) is 5.79 Å². The quantitative estimate of drug-likeness (QED) is 0.236. The van der Waals surface area contributed by atoms with Crippen molar-refractivity contribution in [2.45, 2.75) is 108 Å². The van der Waals surface area contributed by atoms with Crippen LogP contribution in [0.25, 0.3) is 0 Å². The SMILES string of the molecule is CCCCCCCC1(CCC2C(O)CC(O)C2C/C=C/CCCC(=O)[OH2+])OCCO1. The molecule has 2 aliphatic rings. The van der Waals surface area contributed by atoms with Crippen LogP contribution in [-0.2, 0) is 14.3 Å². The average molecular weight is 428 g/mol. The fraction of sp³-hybridized carbons (Fsp3) is 0.875. The molecule has 1 saturated heterocycles. The minimum absolute atomic E-state index is 0.0389. The lowest BCUT2D eigenvalue weighted by Gasteiger charge is -2.31. The summed E-state index contributed by atoms with van der Waals surface area (Å²) in [7, 11) is 0. The number of aliphatic hydroxyl groups is 2. The second-order valence-corrected chi connectivity index (χ2v) is 9.03. The van der Waals surface area contributed by atoms with Crippen molar-refractivity contribution >= 4 is 5.97 Å². The molecule has 174 valence electrons. The zero-order valence-electron chi connectivity index (χ0n) is 18.7. The fourth-order valence-electron chi connectivity index (χ4n) is 4.95. The molecule has 0 amide bonds. The topological polar surface area (TPSA) is 98.9 Å². The van der Waals surface area contributed by atoms with Gasteiger partial charge in [0, 0.05) is 17.6 Å². The minimum atomic E-state index is -0.520. The lowest BCUT2D eigenvalue weighted by atomic mass is 9.85. The van der Waals surface area contributed by atoms with Gasteiger partial charge in [0.25, 0.3) is 0 Å². The van der Waals surface area contributed by atoms with Crippen LogP contribution < -0.4 is 0 Å². The minimum Gasteiger partial charge on any atom is -0.565 e. The molecule has 2 rings (SSSR count). The first kappa shape index (κ1) is 25.3. The summed E-state index contributed by atoms with van der Waals surface area (Å²) in [5.41, 5.74) is 0. The summed E-state index contributed by atoms with van der Waals surface area (Å²) in [6.07, 6.45) is 14.5. The highest BCUT2D eigenvalue weighted by Gasteiger charge is 2.43. The Morgan fingerprint density at radius 1 is 1.00 bits per heavy atom. The van der Waals surface area contributed by atoms with E-state index in [1.807, 2.05) is 6.08 Å². The van der Waals surface area contributed by atoms with Gasteiger partial charge in [-0.2, -0.15) is 0 Å². The highest BCUT2D eigenvalue weighted by atomic mass is 16.7. The van der Waals surface area contributed by atoms with Crippen molar-refractivity contribution in [2.24, 2.45) is 11.8 Å². The average Bonchev–Trinajstić information content (AvgIpc) is 3.27. The second-order valence-electron chi connectivity index (χ2n) is 9.03. The largest absolute Gasteiger partial charge is 0.565 e. The third-order valence-electron chi connectivity index (χ3n) is 6.70. The molecular weight excluding hydrogens is 384 g/mol. The zero-order valence-corrected chi connectivity index (χ0v) is 18.7. The summed E-state index contributed by atoms with van der Waals surface area (Å²) < 4.78 is 12.1. The molecule has 1 aliphatic heterocycles. The van der Waals surface area contributed by atoms with Crippen LogP contribution >= 0.6 is 0 Å². The summed E-state index contributed by atoms with van der Waals surface area (Å²) >= 11 is 0. The van der Waals surface area contributed by atoms with Gasteiger partial charge in [-0.3, -0.25) is 0 Å². The summed E-state index contributed by atoms with van der Waals surface area (Å²) in [6, 6.07) is 0. The molecule has 0 spiro atoms. The molecule has 6 heteroatoms. The van der Waals surface area contributed by atoms with E-state index in [1.54, 1.807) is 0 Å². The third-order valence-corrected chi connectivity index (χ3v) is 6.70. The van der Waals surface area contributed by atoms with E-state index < -0.39 is 24.0 Å². The van der Waals surface area contributed by atoms with Crippen molar-refractivity contribution in [3.63, 3.8) is 0 Å². The van der Waals surface area contributed by atoms with Crippen LogP contribution in [0.15, 0.2) is 12.2 Å². The number of unbranched alkanes of at least 4 members (excludes halogenated alkanes) is 5. The molecule has 6 nitrogen and oxygen atoms in total. The van der Waals surface area contributed by atoms with Crippen molar-refractivity contribution in [1.29, 1.82) is 0 Å². The molecule has 0 aromatic heterocycles. The van der Waals surface area contributed by atoms with Crippen molar-refractivity contribution in [2.75, 3.05) is 13.2 Å². The van der Waals surface area contributed by atoms with Crippen LogP contribution in [0.4, 0.5) is 0 Å². The van der Waals surface area contributed by atoms with Gasteiger partial charge >= 0.3 is 5.97 Å². The highest BCUT2D eigenvalue weighted by Crippen LogP contribution is 2.41. The Labute approximate surface area is 181 Å². The molecule has 2 fully saturated rings. The maximum atomic E-state index is 10.7. The van der Waals surface area contributed by atoms with Gasteiger partial charge in [0.2, 0.25) is 0 Å². The van der Waals surface area contributed by atoms with Crippen LogP contribution in [0.5, 0.6) is 0 Å². The van der Waals surface area contributed by atoms with Gasteiger partial charge in [-0.15, -0.1) is 0 Å². The van der Waals surface area contributed by atoms with E-state index in [0.717, 1.165) is 38.5 Å². The lowest BCUT2D eigenvalue weighted by molar-refractivity contribution is -0.171. The first-order valence-electron chi connectivity index (χ1n) is 12.0. The van der Waals surface area contributed by atoms with Gasteiger partial charge in [0.05, 0.1) is 25.4 Å². The van der Waals surface area contributed by atoms with Crippen LogP contribution in [-0.4, -0.2) is 52.5 Å². The Morgan fingerprint density at radius 2 is 1.70 bits per heavy atom. The van der Waals surface area contributed by atoms with Crippen LogP contribution in [0, 0.1) is 11.8 Å². The predicted octanol–water partition coefficient (Wildman–Crippen LogP) is 3.60. The summed E-state index contributed by atoms with van der Waals surface area (Å²) in [6.45, 7) is 3.49. The summed E-state index contributed by atoms with van der Waals surface area (Å²) in [5, 5.41) is 27.9. The van der Waals surface area contributed by atoms with E-state index in [9.17, 15) is 15.0 Å². The van der Waals surface area contributed by atoms with E-state index in [2.05, 4.69) is 13.0 Å².